The molecule has 130 valence electrons. The molecule has 1 fully saturated rings. The third-order valence-electron chi connectivity index (χ3n) is 4.27. The van der Waals surface area contributed by atoms with E-state index in [1.807, 2.05) is 34.3 Å². The lowest BCUT2D eigenvalue weighted by molar-refractivity contribution is 0.131. The molecule has 3 aromatic rings. The quantitative estimate of drug-likeness (QED) is 0.631. The Kier molecular flexibility index (Phi) is 4.94. The highest BCUT2D eigenvalue weighted by Gasteiger charge is 2.16. The number of halogens is 2. The van der Waals surface area contributed by atoms with Crippen molar-refractivity contribution in [3.05, 3.63) is 57.3 Å². The zero-order chi connectivity index (χ0) is 17.2. The van der Waals surface area contributed by atoms with E-state index in [0.717, 1.165) is 48.4 Å². The molecule has 0 bridgehead atoms. The fourth-order valence-corrected chi connectivity index (χ4v) is 4.00. The van der Waals surface area contributed by atoms with Crippen molar-refractivity contribution in [2.45, 2.75) is 6.54 Å². The van der Waals surface area contributed by atoms with E-state index in [4.69, 9.17) is 23.2 Å². The fraction of sp³-hybridized carbons (Fsp3) is 0.294. The maximum atomic E-state index is 6.20. The second kappa shape index (κ2) is 7.33. The Balaban J connectivity index is 1.35. The second-order valence-electron chi connectivity index (χ2n) is 5.94. The van der Waals surface area contributed by atoms with Gasteiger partial charge in [-0.25, -0.2) is 4.98 Å². The van der Waals surface area contributed by atoms with E-state index in [1.54, 1.807) is 11.3 Å². The van der Waals surface area contributed by atoms with Crippen molar-refractivity contribution in [3.63, 3.8) is 0 Å². The Morgan fingerprint density at radius 3 is 2.64 bits per heavy atom. The summed E-state index contributed by atoms with van der Waals surface area (Å²) in [4.78, 5) is 7.64. The first-order valence-electron chi connectivity index (χ1n) is 8.06. The van der Waals surface area contributed by atoms with Gasteiger partial charge in [0, 0.05) is 49.3 Å². The van der Waals surface area contributed by atoms with E-state index < -0.39 is 0 Å². The van der Waals surface area contributed by atoms with Crippen molar-refractivity contribution in [1.82, 2.24) is 19.3 Å². The number of rotatable bonds is 4. The molecule has 4 rings (SSSR count). The molecule has 1 aromatic carbocycles. The highest BCUT2D eigenvalue weighted by atomic mass is 35.5. The van der Waals surface area contributed by atoms with Crippen LogP contribution in [0.15, 0.2) is 40.9 Å². The summed E-state index contributed by atoms with van der Waals surface area (Å²) in [6, 6.07) is 8.05. The molecule has 0 N–H and O–H groups in total. The number of piperazine rings is 1. The van der Waals surface area contributed by atoms with Crippen LogP contribution < -0.4 is 0 Å². The molecule has 0 aliphatic carbocycles. The molecular weight excluding hydrogens is 377 g/mol. The van der Waals surface area contributed by atoms with Crippen LogP contribution in [0.4, 0.5) is 0 Å². The van der Waals surface area contributed by atoms with Crippen LogP contribution in [0.25, 0.3) is 4.96 Å². The van der Waals surface area contributed by atoms with Gasteiger partial charge in [0.05, 0.1) is 6.21 Å². The number of aromatic nitrogens is 2. The predicted octanol–water partition coefficient (Wildman–Crippen LogP) is 3.85. The van der Waals surface area contributed by atoms with Gasteiger partial charge >= 0.3 is 0 Å². The first kappa shape index (κ1) is 16.8. The van der Waals surface area contributed by atoms with Gasteiger partial charge in [-0.2, -0.15) is 5.10 Å². The van der Waals surface area contributed by atoms with E-state index in [-0.39, 0.29) is 0 Å². The lowest BCUT2D eigenvalue weighted by atomic mass is 10.2. The van der Waals surface area contributed by atoms with Crippen molar-refractivity contribution >= 4 is 45.7 Å². The molecule has 8 heteroatoms. The van der Waals surface area contributed by atoms with Gasteiger partial charge in [-0.05, 0) is 17.7 Å². The summed E-state index contributed by atoms with van der Waals surface area (Å²) >= 11 is 13.7. The molecule has 1 saturated heterocycles. The number of benzene rings is 1. The van der Waals surface area contributed by atoms with Crippen LogP contribution in [-0.4, -0.2) is 51.7 Å². The summed E-state index contributed by atoms with van der Waals surface area (Å²) in [5, 5.41) is 9.94. The van der Waals surface area contributed by atoms with Gasteiger partial charge in [-0.1, -0.05) is 35.3 Å². The molecule has 2 aromatic heterocycles. The van der Waals surface area contributed by atoms with Crippen LogP contribution in [0.1, 0.15) is 11.3 Å². The van der Waals surface area contributed by atoms with Crippen LogP contribution >= 0.6 is 34.5 Å². The Hall–Kier alpha value is -1.60. The lowest BCUT2D eigenvalue weighted by Gasteiger charge is -2.33. The van der Waals surface area contributed by atoms with Crippen molar-refractivity contribution in [2.75, 3.05) is 26.2 Å². The minimum atomic E-state index is 0.497. The summed E-state index contributed by atoms with van der Waals surface area (Å²) in [7, 11) is 0. The summed E-state index contributed by atoms with van der Waals surface area (Å²) in [6.07, 6.45) is 3.77. The van der Waals surface area contributed by atoms with Crippen molar-refractivity contribution < 1.29 is 0 Å². The average molecular weight is 394 g/mol. The highest BCUT2D eigenvalue weighted by molar-refractivity contribution is 7.15. The molecule has 0 atom stereocenters. The number of hydrazone groups is 1. The van der Waals surface area contributed by atoms with Gasteiger partial charge in [0.25, 0.3) is 0 Å². The number of thiazole rings is 1. The molecule has 25 heavy (non-hydrogen) atoms. The summed E-state index contributed by atoms with van der Waals surface area (Å²) in [5.74, 6) is 0. The van der Waals surface area contributed by atoms with E-state index in [0.29, 0.717) is 5.15 Å². The fourth-order valence-electron chi connectivity index (χ4n) is 2.89. The Labute approximate surface area is 160 Å². The van der Waals surface area contributed by atoms with Crippen molar-refractivity contribution in [1.29, 1.82) is 0 Å². The Bertz CT molecular complexity index is 878. The predicted molar refractivity (Wildman–Crippen MR) is 104 cm³/mol. The van der Waals surface area contributed by atoms with Gasteiger partial charge in [0.1, 0.15) is 5.69 Å². The average Bonchev–Trinajstić information content (AvgIpc) is 3.17. The van der Waals surface area contributed by atoms with E-state index in [9.17, 15) is 0 Å². The van der Waals surface area contributed by atoms with E-state index >= 15 is 0 Å². The third kappa shape index (κ3) is 3.82. The minimum Gasteiger partial charge on any atom is -0.295 e. The van der Waals surface area contributed by atoms with Gasteiger partial charge < -0.3 is 0 Å². The molecule has 3 heterocycles. The first-order valence-corrected chi connectivity index (χ1v) is 9.69. The van der Waals surface area contributed by atoms with Crippen LogP contribution in [-0.2, 0) is 6.54 Å². The molecule has 0 radical (unpaired) electrons. The van der Waals surface area contributed by atoms with Crippen LogP contribution in [0.2, 0.25) is 10.2 Å². The summed E-state index contributed by atoms with van der Waals surface area (Å²) in [5.41, 5.74) is 2.12. The van der Waals surface area contributed by atoms with E-state index in [2.05, 4.69) is 32.1 Å². The molecule has 0 amide bonds. The number of fused-ring (bicyclic) bond motifs is 1. The molecular formula is C17H17Cl2N5S. The number of imidazole rings is 1. The van der Waals surface area contributed by atoms with Crippen molar-refractivity contribution in [3.8, 4) is 0 Å². The molecule has 5 nitrogen and oxygen atoms in total. The van der Waals surface area contributed by atoms with Crippen molar-refractivity contribution in [2.24, 2.45) is 5.10 Å². The molecule has 1 aliphatic rings. The normalized spacial score (nSPS) is 16.3. The standard InChI is InChI=1S/C17H17Cl2N5S/c18-14-3-1-13(2-4-14)12-22-5-7-23(8-6-22)20-11-15-16(19)21-17-24(15)9-10-25-17/h1-4,9-11H,5-8,12H2/b20-11+. The molecule has 0 spiro atoms. The zero-order valence-electron chi connectivity index (χ0n) is 13.5. The lowest BCUT2D eigenvalue weighted by Crippen LogP contribution is -2.43. The van der Waals surface area contributed by atoms with E-state index in [1.165, 1.54) is 5.56 Å². The Morgan fingerprint density at radius 1 is 1.12 bits per heavy atom. The van der Waals surface area contributed by atoms with Gasteiger partial charge in [0.2, 0.25) is 0 Å². The second-order valence-corrected chi connectivity index (χ2v) is 7.61. The van der Waals surface area contributed by atoms with Crippen LogP contribution in [0.3, 0.4) is 0 Å². The zero-order valence-corrected chi connectivity index (χ0v) is 15.8. The number of nitrogens with zero attached hydrogens (tertiary/aromatic N) is 5. The number of hydrogen-bond donors (Lipinski definition) is 0. The monoisotopic (exact) mass is 393 g/mol. The topological polar surface area (TPSA) is 36.1 Å². The van der Waals surface area contributed by atoms with Crippen LogP contribution in [0, 0.1) is 0 Å². The highest BCUT2D eigenvalue weighted by Crippen LogP contribution is 2.20. The number of hydrogen-bond acceptors (Lipinski definition) is 5. The van der Waals surface area contributed by atoms with Crippen LogP contribution in [0.5, 0.6) is 0 Å². The smallest absolute Gasteiger partial charge is 0.195 e. The maximum absolute atomic E-state index is 6.20. The Morgan fingerprint density at radius 2 is 1.88 bits per heavy atom. The van der Waals surface area contributed by atoms with Gasteiger partial charge in [-0.15, -0.1) is 11.3 Å². The first-order chi connectivity index (χ1) is 12.2. The SMILES string of the molecule is Clc1ccc(CN2CCN(/N=C/c3c(Cl)nc4sccn34)CC2)cc1. The van der Waals surface area contributed by atoms with Gasteiger partial charge in [0.15, 0.2) is 10.1 Å². The maximum Gasteiger partial charge on any atom is 0.195 e. The molecule has 0 saturated carbocycles. The molecule has 0 unspecified atom stereocenters. The minimum absolute atomic E-state index is 0.497. The van der Waals surface area contributed by atoms with Gasteiger partial charge in [-0.3, -0.25) is 14.3 Å². The summed E-state index contributed by atoms with van der Waals surface area (Å²) < 4.78 is 1.97. The third-order valence-corrected chi connectivity index (χ3v) is 5.55. The summed E-state index contributed by atoms with van der Waals surface area (Å²) in [6.45, 7) is 4.70. The largest absolute Gasteiger partial charge is 0.295 e. The molecule has 1 aliphatic heterocycles.